The molecule has 1 atom stereocenters. The first-order valence-corrected chi connectivity index (χ1v) is 12.1. The van der Waals surface area contributed by atoms with Crippen molar-refractivity contribution in [3.63, 3.8) is 0 Å². The number of furan rings is 1. The number of nitrogens with zero attached hydrogens (tertiary/aromatic N) is 2. The number of hydrogen-bond donors (Lipinski definition) is 1. The van der Waals surface area contributed by atoms with Crippen LogP contribution in [0.3, 0.4) is 0 Å². The molecule has 1 aliphatic heterocycles. The van der Waals surface area contributed by atoms with Gasteiger partial charge < -0.3 is 14.3 Å². The van der Waals surface area contributed by atoms with Crippen LogP contribution in [0.15, 0.2) is 52.1 Å². The van der Waals surface area contributed by atoms with Gasteiger partial charge in [-0.3, -0.25) is 19.3 Å². The summed E-state index contributed by atoms with van der Waals surface area (Å²) in [6, 6.07) is 9.22. The normalized spacial score (nSPS) is 15.7. The summed E-state index contributed by atoms with van der Waals surface area (Å²) in [5, 5.41) is 11.1. The van der Waals surface area contributed by atoms with Gasteiger partial charge in [-0.05, 0) is 50.1 Å². The van der Waals surface area contributed by atoms with Gasteiger partial charge in [0.1, 0.15) is 11.5 Å². The van der Waals surface area contributed by atoms with Gasteiger partial charge in [0.15, 0.2) is 22.4 Å². The highest BCUT2D eigenvalue weighted by molar-refractivity contribution is 7.17. The molecule has 0 aliphatic carbocycles. The third kappa shape index (κ3) is 4.64. The minimum Gasteiger partial charge on any atom is -0.503 e. The van der Waals surface area contributed by atoms with E-state index in [0.717, 1.165) is 24.2 Å². The number of ketones is 2. The number of aryl methyl sites for hydroxylation is 2. The highest BCUT2D eigenvalue weighted by atomic mass is 32.1. The number of aromatic nitrogens is 1. The lowest BCUT2D eigenvalue weighted by Crippen LogP contribution is -2.31. The van der Waals surface area contributed by atoms with Gasteiger partial charge in [0.25, 0.3) is 5.91 Å². The van der Waals surface area contributed by atoms with E-state index in [1.165, 1.54) is 17.9 Å². The van der Waals surface area contributed by atoms with Gasteiger partial charge in [0.2, 0.25) is 5.78 Å². The van der Waals surface area contributed by atoms with E-state index in [9.17, 15) is 19.5 Å². The average molecular weight is 495 g/mol. The lowest BCUT2D eigenvalue weighted by Gasteiger charge is -2.24. The van der Waals surface area contributed by atoms with Crippen molar-refractivity contribution >= 4 is 33.9 Å². The number of anilines is 1. The number of thiazole rings is 1. The molecule has 1 N–H and O–H groups in total. The number of rotatable bonds is 9. The Bertz CT molecular complexity index is 1340. The molecule has 9 heteroatoms. The lowest BCUT2D eigenvalue weighted by molar-refractivity contribution is -0.117. The van der Waals surface area contributed by atoms with E-state index in [4.69, 9.17) is 9.15 Å². The number of ether oxygens (including phenoxy) is 1. The molecule has 3 heterocycles. The summed E-state index contributed by atoms with van der Waals surface area (Å²) in [6.45, 7) is 7.40. The van der Waals surface area contributed by atoms with Gasteiger partial charge in [-0.15, -0.1) is 0 Å². The summed E-state index contributed by atoms with van der Waals surface area (Å²) in [5.41, 5.74) is 0.911. The Morgan fingerprint density at radius 2 is 2.00 bits per heavy atom. The van der Waals surface area contributed by atoms with Gasteiger partial charge in [0.05, 0.1) is 28.8 Å². The second-order valence-electron chi connectivity index (χ2n) is 8.32. The third-order valence-electron chi connectivity index (χ3n) is 5.67. The fraction of sp³-hybridized carbons (Fsp3) is 0.308. The Morgan fingerprint density at radius 3 is 2.63 bits per heavy atom. The van der Waals surface area contributed by atoms with Crippen molar-refractivity contribution in [2.75, 3.05) is 11.5 Å². The van der Waals surface area contributed by atoms with Crippen molar-refractivity contribution < 1.29 is 28.6 Å². The Kier molecular flexibility index (Phi) is 6.88. The number of carbonyl (C=O) groups excluding carboxylic acids is 3. The van der Waals surface area contributed by atoms with Crippen LogP contribution in [0.1, 0.15) is 70.0 Å². The molecule has 1 unspecified atom stereocenters. The topological polar surface area (TPSA) is 110 Å². The lowest BCUT2D eigenvalue weighted by atomic mass is 9.95. The predicted octanol–water partition coefficient (Wildman–Crippen LogP) is 5.52. The average Bonchev–Trinajstić information content (AvgIpc) is 3.50. The van der Waals surface area contributed by atoms with Gasteiger partial charge in [-0.2, -0.15) is 0 Å². The fourth-order valence-corrected chi connectivity index (χ4v) is 4.95. The van der Waals surface area contributed by atoms with E-state index >= 15 is 0 Å². The highest BCUT2D eigenvalue weighted by Gasteiger charge is 2.46. The van der Waals surface area contributed by atoms with Crippen molar-refractivity contribution in [2.24, 2.45) is 0 Å². The van der Waals surface area contributed by atoms with Crippen LogP contribution < -0.4 is 9.64 Å². The monoisotopic (exact) mass is 494 g/mol. The molecule has 0 spiro atoms. The zero-order valence-corrected chi connectivity index (χ0v) is 20.8. The van der Waals surface area contributed by atoms with E-state index in [2.05, 4.69) is 11.9 Å². The first-order valence-electron chi connectivity index (χ1n) is 11.3. The highest BCUT2D eigenvalue weighted by Crippen LogP contribution is 2.44. The quantitative estimate of drug-likeness (QED) is 0.308. The van der Waals surface area contributed by atoms with Crippen LogP contribution in [-0.2, 0) is 4.79 Å². The molecule has 0 fully saturated rings. The first kappa shape index (κ1) is 24.4. The summed E-state index contributed by atoms with van der Waals surface area (Å²) in [5.74, 6) is -1.12. The molecular formula is C26H26N2O6S. The van der Waals surface area contributed by atoms with Crippen LogP contribution in [0.2, 0.25) is 0 Å². The van der Waals surface area contributed by atoms with Crippen molar-refractivity contribution in [3.05, 3.63) is 75.4 Å². The number of unbranched alkanes of at least 4 members (excludes halogenated alkanes) is 1. The molecule has 35 heavy (non-hydrogen) atoms. The SMILES string of the molecule is CCCCOc1cccc(C2C(C(=O)c3ccc(C)o3)=C(O)C(=O)N2c2nc(C)c(C(C)=O)s2)c1. The zero-order chi connectivity index (χ0) is 25.3. The molecule has 3 aromatic rings. The zero-order valence-electron chi connectivity index (χ0n) is 20.0. The van der Waals surface area contributed by atoms with Gasteiger partial charge in [-0.25, -0.2) is 4.98 Å². The van der Waals surface area contributed by atoms with Crippen molar-refractivity contribution in [2.45, 2.75) is 46.6 Å². The number of hydrogen-bond acceptors (Lipinski definition) is 8. The number of Topliss-reactive ketones (excluding diaryl/α,β-unsaturated/α-hetero) is 2. The van der Waals surface area contributed by atoms with Crippen molar-refractivity contribution in [1.82, 2.24) is 4.98 Å². The number of aliphatic hydroxyl groups excluding tert-OH is 1. The Morgan fingerprint density at radius 1 is 1.23 bits per heavy atom. The van der Waals surface area contributed by atoms with E-state index in [-0.39, 0.29) is 22.2 Å². The number of amides is 1. The molecule has 1 amide bonds. The van der Waals surface area contributed by atoms with Crippen LogP contribution in [0.5, 0.6) is 5.75 Å². The number of benzene rings is 1. The molecule has 0 radical (unpaired) electrons. The second-order valence-corrected chi connectivity index (χ2v) is 9.30. The third-order valence-corrected chi connectivity index (χ3v) is 6.93. The number of carbonyl (C=O) groups is 3. The van der Waals surface area contributed by atoms with Gasteiger partial charge in [-0.1, -0.05) is 36.8 Å². The molecule has 4 rings (SSSR count). The van der Waals surface area contributed by atoms with Crippen LogP contribution in [0.4, 0.5) is 5.13 Å². The van der Waals surface area contributed by atoms with E-state index in [1.807, 2.05) is 0 Å². The van der Waals surface area contributed by atoms with E-state index < -0.39 is 23.5 Å². The number of aliphatic hydroxyl groups is 1. The molecule has 182 valence electrons. The van der Waals surface area contributed by atoms with Crippen molar-refractivity contribution in [3.8, 4) is 5.75 Å². The Balaban J connectivity index is 1.84. The summed E-state index contributed by atoms with van der Waals surface area (Å²) < 4.78 is 11.3. The maximum atomic E-state index is 13.5. The molecular weight excluding hydrogens is 468 g/mol. The fourth-order valence-electron chi connectivity index (χ4n) is 3.96. The van der Waals surface area contributed by atoms with E-state index in [1.54, 1.807) is 44.2 Å². The minimum absolute atomic E-state index is 0.0128. The summed E-state index contributed by atoms with van der Waals surface area (Å²) in [7, 11) is 0. The maximum absolute atomic E-state index is 13.5. The second kappa shape index (κ2) is 9.87. The van der Waals surface area contributed by atoms with Crippen molar-refractivity contribution in [1.29, 1.82) is 0 Å². The minimum atomic E-state index is -0.986. The summed E-state index contributed by atoms with van der Waals surface area (Å²) >= 11 is 1.04. The van der Waals surface area contributed by atoms with E-state index in [0.29, 0.717) is 34.3 Å². The smallest absolute Gasteiger partial charge is 0.296 e. The van der Waals surface area contributed by atoms with Crippen LogP contribution in [-0.4, -0.2) is 34.2 Å². The Hall–Kier alpha value is -3.72. The maximum Gasteiger partial charge on any atom is 0.296 e. The Labute approximate surface area is 206 Å². The van der Waals surface area contributed by atoms with Gasteiger partial charge >= 0.3 is 0 Å². The molecule has 0 bridgehead atoms. The molecule has 1 aliphatic rings. The van der Waals surface area contributed by atoms with Gasteiger partial charge in [0, 0.05) is 6.92 Å². The first-order chi connectivity index (χ1) is 16.7. The standard InChI is InChI=1S/C26H26N2O6S/c1-5-6-12-33-18-9-7-8-17(13-18)21-20(22(30)19-11-10-14(2)34-19)23(31)25(32)28(21)26-27-15(3)24(35-26)16(4)29/h7-11,13,21,31H,5-6,12H2,1-4H3. The summed E-state index contributed by atoms with van der Waals surface area (Å²) in [6.07, 6.45) is 1.86. The summed E-state index contributed by atoms with van der Waals surface area (Å²) in [4.78, 5) is 44.9. The predicted molar refractivity (Wildman–Crippen MR) is 131 cm³/mol. The molecule has 2 aromatic heterocycles. The molecule has 0 saturated carbocycles. The molecule has 0 saturated heterocycles. The van der Waals surface area contributed by atoms with Crippen LogP contribution in [0.25, 0.3) is 0 Å². The molecule has 8 nitrogen and oxygen atoms in total. The largest absolute Gasteiger partial charge is 0.503 e. The molecule has 1 aromatic carbocycles. The van der Waals surface area contributed by atoms with Crippen LogP contribution in [0, 0.1) is 13.8 Å². The van der Waals surface area contributed by atoms with Crippen LogP contribution >= 0.6 is 11.3 Å².